The van der Waals surface area contributed by atoms with Crippen LogP contribution in [0.1, 0.15) is 10.4 Å². The van der Waals surface area contributed by atoms with Gasteiger partial charge in [-0.15, -0.1) is 11.3 Å². The number of benzene rings is 2. The van der Waals surface area contributed by atoms with Crippen LogP contribution < -0.4 is 5.43 Å². The van der Waals surface area contributed by atoms with Crippen molar-refractivity contribution in [3.8, 4) is 11.3 Å². The number of thiazole rings is 1. The van der Waals surface area contributed by atoms with Crippen LogP contribution in [0.4, 0.5) is 5.13 Å². The summed E-state index contributed by atoms with van der Waals surface area (Å²) < 4.78 is 1.01. The average Bonchev–Trinajstić information content (AvgIpc) is 2.91. The summed E-state index contributed by atoms with van der Waals surface area (Å²) in [6.07, 6.45) is 1.78. The largest absolute Gasteiger partial charge is 0.253 e. The molecule has 0 unspecified atom stereocenters. The molecule has 3 rings (SSSR count). The third-order valence-corrected chi connectivity index (χ3v) is 4.71. The first-order valence-corrected chi connectivity index (χ1v) is 8.41. The summed E-state index contributed by atoms with van der Waals surface area (Å²) in [5, 5.41) is 5.06. The Bertz CT molecular complexity index is 797. The lowest BCUT2D eigenvalue weighted by molar-refractivity contribution is 1.28. The van der Waals surface area contributed by atoms with Gasteiger partial charge in [-0.1, -0.05) is 64.5 Å². The highest BCUT2D eigenvalue weighted by atomic mass is 79.9. The van der Waals surface area contributed by atoms with Gasteiger partial charge >= 0.3 is 0 Å². The third-order valence-electron chi connectivity index (χ3n) is 3.11. The number of hydrogen-bond acceptors (Lipinski definition) is 4. The molecule has 0 atom stereocenters. The van der Waals surface area contributed by atoms with Gasteiger partial charge in [-0.25, -0.2) is 4.98 Å². The Morgan fingerprint density at radius 1 is 1.09 bits per heavy atom. The number of nitrogens with one attached hydrogen (secondary N) is 1. The predicted octanol–water partition coefficient (Wildman–Crippen LogP) is 5.33. The molecule has 2 aromatic carbocycles. The van der Waals surface area contributed by atoms with E-state index in [1.165, 1.54) is 4.88 Å². The minimum Gasteiger partial charge on any atom is -0.253 e. The molecule has 0 radical (unpaired) electrons. The maximum atomic E-state index is 4.62. The zero-order valence-corrected chi connectivity index (χ0v) is 14.4. The van der Waals surface area contributed by atoms with Gasteiger partial charge < -0.3 is 0 Å². The molecule has 0 saturated heterocycles. The Labute approximate surface area is 141 Å². The topological polar surface area (TPSA) is 37.3 Å². The molecule has 0 aliphatic carbocycles. The highest BCUT2D eigenvalue weighted by Gasteiger charge is 2.08. The summed E-state index contributed by atoms with van der Waals surface area (Å²) in [6, 6.07) is 18.1. The quantitative estimate of drug-likeness (QED) is 0.497. The second-order valence-corrected chi connectivity index (χ2v) is 6.74. The fraction of sp³-hybridized carbons (Fsp3) is 0.0588. The zero-order chi connectivity index (χ0) is 15.4. The van der Waals surface area contributed by atoms with Crippen molar-refractivity contribution in [1.82, 2.24) is 4.98 Å². The Morgan fingerprint density at radius 2 is 1.82 bits per heavy atom. The SMILES string of the molecule is Cc1sc(N/N=C\c2ccccc2Br)nc1-c1ccccc1. The lowest BCUT2D eigenvalue weighted by Gasteiger charge is -1.97. The van der Waals surface area contributed by atoms with Gasteiger partial charge in [0, 0.05) is 20.5 Å². The number of hydrazone groups is 1. The van der Waals surface area contributed by atoms with Crippen molar-refractivity contribution < 1.29 is 0 Å². The molecule has 5 heteroatoms. The molecule has 0 amide bonds. The van der Waals surface area contributed by atoms with Crippen molar-refractivity contribution in [2.24, 2.45) is 5.10 Å². The second kappa shape index (κ2) is 6.85. The molecule has 1 aromatic heterocycles. The summed E-state index contributed by atoms with van der Waals surface area (Å²) in [4.78, 5) is 5.79. The molecular formula is C17H14BrN3S. The fourth-order valence-corrected chi connectivity index (χ4v) is 3.22. The molecule has 110 valence electrons. The lowest BCUT2D eigenvalue weighted by atomic mass is 10.1. The van der Waals surface area contributed by atoms with Gasteiger partial charge in [0.1, 0.15) is 0 Å². The third kappa shape index (κ3) is 3.43. The first-order valence-electron chi connectivity index (χ1n) is 6.80. The Morgan fingerprint density at radius 3 is 2.59 bits per heavy atom. The summed E-state index contributed by atoms with van der Waals surface area (Å²) in [5.41, 5.74) is 6.16. The molecule has 0 aliphatic heterocycles. The summed E-state index contributed by atoms with van der Waals surface area (Å²) >= 11 is 5.10. The van der Waals surface area contributed by atoms with Crippen molar-refractivity contribution in [3.05, 3.63) is 69.5 Å². The van der Waals surface area contributed by atoms with Crippen molar-refractivity contribution in [3.63, 3.8) is 0 Å². The van der Waals surface area contributed by atoms with Crippen LogP contribution in [-0.4, -0.2) is 11.2 Å². The van der Waals surface area contributed by atoms with E-state index in [-0.39, 0.29) is 0 Å². The van der Waals surface area contributed by atoms with Crippen LogP contribution in [-0.2, 0) is 0 Å². The number of aryl methyl sites for hydroxylation is 1. The summed E-state index contributed by atoms with van der Waals surface area (Å²) in [7, 11) is 0. The number of nitrogens with zero attached hydrogens (tertiary/aromatic N) is 2. The molecule has 3 aromatic rings. The maximum Gasteiger partial charge on any atom is 0.204 e. The number of halogens is 1. The lowest BCUT2D eigenvalue weighted by Crippen LogP contribution is -1.90. The normalized spacial score (nSPS) is 11.0. The average molecular weight is 372 g/mol. The molecule has 22 heavy (non-hydrogen) atoms. The van der Waals surface area contributed by atoms with Gasteiger partial charge in [0.05, 0.1) is 11.9 Å². The van der Waals surface area contributed by atoms with E-state index in [2.05, 4.69) is 50.5 Å². The molecule has 3 nitrogen and oxygen atoms in total. The van der Waals surface area contributed by atoms with E-state index in [1.807, 2.05) is 42.5 Å². The molecule has 0 bridgehead atoms. The van der Waals surface area contributed by atoms with E-state index in [1.54, 1.807) is 17.6 Å². The standard InChI is InChI=1S/C17H14BrN3S/c1-12-16(13-7-3-2-4-8-13)20-17(22-12)21-19-11-14-9-5-6-10-15(14)18/h2-11H,1H3,(H,20,21)/b19-11-. The Hall–Kier alpha value is -1.98. The monoisotopic (exact) mass is 371 g/mol. The number of rotatable bonds is 4. The van der Waals surface area contributed by atoms with Crippen LogP contribution in [0.25, 0.3) is 11.3 Å². The van der Waals surface area contributed by atoms with Crippen LogP contribution in [0.2, 0.25) is 0 Å². The van der Waals surface area contributed by atoms with E-state index >= 15 is 0 Å². The zero-order valence-electron chi connectivity index (χ0n) is 12.0. The minimum atomic E-state index is 0.791. The summed E-state index contributed by atoms with van der Waals surface area (Å²) in [5.74, 6) is 0. The number of aromatic nitrogens is 1. The first-order chi connectivity index (χ1) is 10.7. The van der Waals surface area contributed by atoms with Gasteiger partial charge in [-0.2, -0.15) is 5.10 Å². The number of anilines is 1. The second-order valence-electron chi connectivity index (χ2n) is 4.68. The van der Waals surface area contributed by atoms with E-state index in [9.17, 15) is 0 Å². The molecule has 0 fully saturated rings. The fourth-order valence-electron chi connectivity index (χ4n) is 2.04. The highest BCUT2D eigenvalue weighted by Crippen LogP contribution is 2.30. The molecule has 0 spiro atoms. The highest BCUT2D eigenvalue weighted by molar-refractivity contribution is 9.10. The maximum absolute atomic E-state index is 4.62. The van der Waals surface area contributed by atoms with Gasteiger partial charge in [0.2, 0.25) is 5.13 Å². The van der Waals surface area contributed by atoms with Crippen LogP contribution in [0.3, 0.4) is 0 Å². The van der Waals surface area contributed by atoms with Gasteiger partial charge in [-0.05, 0) is 13.0 Å². The number of hydrogen-bond donors (Lipinski definition) is 1. The van der Waals surface area contributed by atoms with Gasteiger partial charge in [-0.3, -0.25) is 5.43 Å². The Kier molecular flexibility index (Phi) is 4.65. The van der Waals surface area contributed by atoms with Crippen molar-refractivity contribution in [2.45, 2.75) is 6.92 Å². The molecule has 0 saturated carbocycles. The summed E-state index contributed by atoms with van der Waals surface area (Å²) in [6.45, 7) is 2.07. The van der Waals surface area contributed by atoms with Crippen LogP contribution >= 0.6 is 27.3 Å². The van der Waals surface area contributed by atoms with E-state index in [0.29, 0.717) is 0 Å². The van der Waals surface area contributed by atoms with Crippen LogP contribution in [0.15, 0.2) is 64.2 Å². The van der Waals surface area contributed by atoms with Crippen molar-refractivity contribution in [2.75, 3.05) is 5.43 Å². The smallest absolute Gasteiger partial charge is 0.204 e. The minimum absolute atomic E-state index is 0.791. The van der Waals surface area contributed by atoms with Gasteiger partial charge in [0.15, 0.2) is 0 Å². The predicted molar refractivity (Wildman–Crippen MR) is 97.6 cm³/mol. The van der Waals surface area contributed by atoms with Crippen LogP contribution in [0, 0.1) is 6.92 Å². The molecular weight excluding hydrogens is 358 g/mol. The van der Waals surface area contributed by atoms with Crippen molar-refractivity contribution in [1.29, 1.82) is 0 Å². The van der Waals surface area contributed by atoms with Gasteiger partial charge in [0.25, 0.3) is 0 Å². The van der Waals surface area contributed by atoms with E-state index < -0.39 is 0 Å². The molecule has 1 N–H and O–H groups in total. The van der Waals surface area contributed by atoms with Crippen molar-refractivity contribution >= 4 is 38.6 Å². The van der Waals surface area contributed by atoms with Crippen LogP contribution in [0.5, 0.6) is 0 Å². The molecule has 0 aliphatic rings. The first kappa shape index (κ1) is 14.9. The Balaban J connectivity index is 1.76. The van der Waals surface area contributed by atoms with E-state index in [4.69, 9.17) is 0 Å². The molecule has 1 heterocycles. The van der Waals surface area contributed by atoms with E-state index in [0.717, 1.165) is 26.4 Å².